The number of ether oxygens (including phenoxy) is 1. The van der Waals surface area contributed by atoms with Crippen molar-refractivity contribution in [1.82, 2.24) is 0 Å². The number of hydrogen-bond acceptors (Lipinski definition) is 5. The third-order valence-electron chi connectivity index (χ3n) is 6.10. The van der Waals surface area contributed by atoms with Gasteiger partial charge in [0.05, 0.1) is 11.5 Å². The zero-order chi connectivity index (χ0) is 27.3. The minimum Gasteiger partial charge on any atom is -0.545 e. The van der Waals surface area contributed by atoms with Crippen molar-refractivity contribution >= 4 is 11.9 Å². The van der Waals surface area contributed by atoms with Crippen molar-refractivity contribution in [2.24, 2.45) is 0 Å². The molecule has 0 fully saturated rings. The molecule has 0 aromatic heterocycles. The largest absolute Gasteiger partial charge is 1.00 e. The topological polar surface area (TPSA) is 86.7 Å². The molecule has 0 saturated heterocycles. The van der Waals surface area contributed by atoms with Crippen LogP contribution in [0.15, 0.2) is 24.3 Å². The van der Waals surface area contributed by atoms with Crippen molar-refractivity contribution in [3.63, 3.8) is 0 Å². The van der Waals surface area contributed by atoms with Gasteiger partial charge in [-0.1, -0.05) is 83.1 Å². The molecule has 0 spiro atoms. The van der Waals surface area contributed by atoms with Crippen LogP contribution in [0.2, 0.25) is 0 Å². The van der Waals surface area contributed by atoms with Gasteiger partial charge in [0.25, 0.3) is 0 Å². The molecule has 0 amide bonds. The van der Waals surface area contributed by atoms with Gasteiger partial charge in [-0.15, -0.1) is 0 Å². The molecular weight excluding hydrogens is 463 g/mol. The quantitative estimate of drug-likeness (QED) is 0.394. The molecule has 0 atom stereocenters. The van der Waals surface area contributed by atoms with Crippen molar-refractivity contribution in [2.45, 2.75) is 105 Å². The molecule has 6 heteroatoms. The summed E-state index contributed by atoms with van der Waals surface area (Å²) in [6.07, 6.45) is 0. The van der Waals surface area contributed by atoms with E-state index >= 15 is 0 Å². The van der Waals surface area contributed by atoms with Gasteiger partial charge in [-0.05, 0) is 51.5 Å². The van der Waals surface area contributed by atoms with Crippen molar-refractivity contribution in [1.29, 1.82) is 0 Å². The summed E-state index contributed by atoms with van der Waals surface area (Å²) in [4.78, 5) is 25.4. The smallest absolute Gasteiger partial charge is 0.545 e. The summed E-state index contributed by atoms with van der Waals surface area (Å²) in [6.45, 7) is 23.6. The maximum Gasteiger partial charge on any atom is 1.00 e. The van der Waals surface area contributed by atoms with Crippen LogP contribution in [-0.2, 0) is 21.7 Å². The van der Waals surface area contributed by atoms with E-state index in [1.54, 1.807) is 12.1 Å². The van der Waals surface area contributed by atoms with Crippen LogP contribution in [-0.4, -0.2) is 17.0 Å². The Morgan fingerprint density at radius 1 is 0.639 bits per heavy atom. The molecule has 5 nitrogen and oxygen atoms in total. The Kier molecular flexibility index (Phi) is 9.40. The number of carboxylic acid groups (broad SMARTS) is 1. The van der Waals surface area contributed by atoms with Crippen molar-refractivity contribution in [3.8, 4) is 11.5 Å². The number of carbonyl (C=O) groups is 2. The second-order valence-corrected chi connectivity index (χ2v) is 13.5. The van der Waals surface area contributed by atoms with E-state index in [0.717, 1.165) is 0 Å². The molecule has 0 aliphatic heterocycles. The number of esters is 1. The predicted molar refractivity (Wildman–Crippen MR) is 139 cm³/mol. The number of hydrogen-bond donors (Lipinski definition) is 1. The summed E-state index contributed by atoms with van der Waals surface area (Å²) >= 11 is 0. The SMILES string of the molecule is CC(C)(C)c1cc(C(=O)Oc2c(C(C)(C)C)cc(C(=O)[O-])cc2C(C)(C)C)cc(C(C)(C)C)c1O.[Na+]. The summed E-state index contributed by atoms with van der Waals surface area (Å²) in [5, 5.41) is 22.8. The number of aromatic carboxylic acids is 1. The van der Waals surface area contributed by atoms with Crippen molar-refractivity contribution in [2.75, 3.05) is 0 Å². The molecule has 36 heavy (non-hydrogen) atoms. The Labute approximate surface area is 238 Å². The van der Waals surface area contributed by atoms with Gasteiger partial charge in [0.1, 0.15) is 11.5 Å². The molecule has 2 aromatic rings. The Morgan fingerprint density at radius 3 is 1.22 bits per heavy atom. The Bertz CT molecular complexity index is 1080. The summed E-state index contributed by atoms with van der Waals surface area (Å²) < 4.78 is 6.09. The molecule has 0 bridgehead atoms. The minimum absolute atomic E-state index is 0. The molecule has 2 aromatic carbocycles. The number of rotatable bonds is 3. The van der Waals surface area contributed by atoms with E-state index in [-0.39, 0.29) is 40.9 Å². The molecule has 0 aliphatic rings. The number of aromatic hydroxyl groups is 1. The van der Waals surface area contributed by atoms with Gasteiger partial charge in [-0.2, -0.15) is 0 Å². The maximum atomic E-state index is 13.6. The van der Waals surface area contributed by atoms with E-state index in [4.69, 9.17) is 4.74 Å². The molecule has 0 aliphatic carbocycles. The number of phenolic OH excluding ortho intramolecular Hbond substituents is 1. The van der Waals surface area contributed by atoms with Crippen LogP contribution in [0.1, 0.15) is 126 Å². The maximum absolute atomic E-state index is 13.6. The van der Waals surface area contributed by atoms with Gasteiger partial charge in [0, 0.05) is 22.3 Å². The standard InChI is InChI=1S/C30H42O5.Na/c1-27(2,3)19-15-18(16-20(23(19)31)28(4,5)6)26(34)35-24-21(29(7,8)9)13-17(25(32)33)14-22(24)30(10,11)12;/h13-16,31H,1-12H3,(H,32,33);/q;+1/p-1. The number of carbonyl (C=O) groups excluding carboxylic acids is 2. The first kappa shape index (κ1) is 32.2. The fourth-order valence-corrected chi connectivity index (χ4v) is 4.02. The van der Waals surface area contributed by atoms with Crippen LogP contribution in [0, 0.1) is 0 Å². The molecule has 0 heterocycles. The van der Waals surface area contributed by atoms with Gasteiger partial charge in [0.2, 0.25) is 0 Å². The van der Waals surface area contributed by atoms with E-state index in [9.17, 15) is 19.8 Å². The fraction of sp³-hybridized carbons (Fsp3) is 0.533. The zero-order valence-electron chi connectivity index (χ0n) is 24.4. The van der Waals surface area contributed by atoms with E-state index < -0.39 is 33.6 Å². The van der Waals surface area contributed by atoms with Gasteiger partial charge in [-0.3, -0.25) is 0 Å². The zero-order valence-corrected chi connectivity index (χ0v) is 26.4. The number of carboxylic acids is 1. The molecule has 0 saturated carbocycles. The van der Waals surface area contributed by atoms with Crippen LogP contribution < -0.4 is 39.4 Å². The van der Waals surface area contributed by atoms with Crippen LogP contribution in [0.3, 0.4) is 0 Å². The Hall–Kier alpha value is -1.82. The van der Waals surface area contributed by atoms with Gasteiger partial charge >= 0.3 is 35.5 Å². The fourth-order valence-electron chi connectivity index (χ4n) is 4.02. The van der Waals surface area contributed by atoms with E-state index in [1.807, 2.05) is 83.1 Å². The first-order chi connectivity index (χ1) is 15.5. The first-order valence-electron chi connectivity index (χ1n) is 12.1. The normalized spacial score (nSPS) is 12.7. The Morgan fingerprint density at radius 2 is 0.944 bits per heavy atom. The van der Waals surface area contributed by atoms with Crippen molar-refractivity contribution in [3.05, 3.63) is 57.6 Å². The number of phenols is 1. The third-order valence-corrected chi connectivity index (χ3v) is 6.10. The minimum atomic E-state index is -1.28. The molecule has 1 N–H and O–H groups in total. The van der Waals surface area contributed by atoms with Crippen LogP contribution in [0.4, 0.5) is 0 Å². The van der Waals surface area contributed by atoms with Gasteiger partial charge < -0.3 is 19.7 Å². The molecular formula is C30H41NaO5. The average molecular weight is 505 g/mol. The van der Waals surface area contributed by atoms with Gasteiger partial charge in [0.15, 0.2) is 0 Å². The van der Waals surface area contributed by atoms with E-state index in [1.165, 1.54) is 12.1 Å². The summed E-state index contributed by atoms with van der Waals surface area (Å²) in [5.41, 5.74) is 1.15. The average Bonchev–Trinajstić information content (AvgIpc) is 2.64. The summed E-state index contributed by atoms with van der Waals surface area (Å²) in [6, 6.07) is 6.45. The van der Waals surface area contributed by atoms with E-state index in [0.29, 0.717) is 33.6 Å². The predicted octanol–water partition coefficient (Wildman–Crippen LogP) is 3.17. The second-order valence-electron chi connectivity index (χ2n) is 13.5. The first-order valence-corrected chi connectivity index (χ1v) is 12.1. The van der Waals surface area contributed by atoms with E-state index in [2.05, 4.69) is 0 Å². The summed E-state index contributed by atoms with van der Waals surface area (Å²) in [7, 11) is 0. The Balaban J connectivity index is 0.00000648. The molecule has 2 rings (SSSR count). The monoisotopic (exact) mass is 504 g/mol. The number of benzene rings is 2. The van der Waals surface area contributed by atoms with Crippen LogP contribution >= 0.6 is 0 Å². The second kappa shape index (κ2) is 10.5. The molecule has 0 unspecified atom stereocenters. The van der Waals surface area contributed by atoms with Gasteiger partial charge in [-0.25, -0.2) is 4.79 Å². The third kappa shape index (κ3) is 7.14. The molecule has 192 valence electrons. The summed E-state index contributed by atoms with van der Waals surface area (Å²) in [5.74, 6) is -1.28. The van der Waals surface area contributed by atoms with Crippen LogP contribution in [0.5, 0.6) is 11.5 Å². The molecule has 0 radical (unpaired) electrons. The van der Waals surface area contributed by atoms with Crippen LogP contribution in [0.25, 0.3) is 0 Å². The van der Waals surface area contributed by atoms with Crippen molar-refractivity contribution < 1.29 is 54.1 Å².